The molecule has 4 aromatic rings. The minimum Gasteiger partial charge on any atom is -0.497 e. The summed E-state index contributed by atoms with van der Waals surface area (Å²) in [7, 11) is 1.59. The molecule has 0 unspecified atom stereocenters. The van der Waals surface area contributed by atoms with Crippen molar-refractivity contribution in [3.05, 3.63) is 116 Å². The summed E-state index contributed by atoms with van der Waals surface area (Å²) in [6.07, 6.45) is 2.38. The van der Waals surface area contributed by atoms with Gasteiger partial charge in [-0.1, -0.05) is 60.7 Å². The number of carbonyl (C=O) groups is 1. The molecule has 174 valence electrons. The maximum absolute atomic E-state index is 13.4. The van der Waals surface area contributed by atoms with Crippen molar-refractivity contribution in [1.29, 1.82) is 5.26 Å². The molecule has 0 saturated carbocycles. The number of aromatic nitrogens is 1. The first-order valence-electron chi connectivity index (χ1n) is 11.0. The van der Waals surface area contributed by atoms with E-state index in [9.17, 15) is 14.9 Å². The van der Waals surface area contributed by atoms with E-state index >= 15 is 0 Å². The largest absolute Gasteiger partial charge is 0.497 e. The Bertz CT molecular complexity index is 1530. The Morgan fingerprint density at radius 1 is 1.03 bits per heavy atom. The highest BCUT2D eigenvalue weighted by Crippen LogP contribution is 2.11. The van der Waals surface area contributed by atoms with Crippen molar-refractivity contribution < 1.29 is 9.53 Å². The number of nitriles is 1. The van der Waals surface area contributed by atoms with Crippen molar-refractivity contribution >= 4 is 28.9 Å². The monoisotopic (exact) mass is 481 g/mol. The van der Waals surface area contributed by atoms with Crippen molar-refractivity contribution in [2.75, 3.05) is 13.7 Å². The van der Waals surface area contributed by atoms with Gasteiger partial charge in [0.15, 0.2) is 5.57 Å². The summed E-state index contributed by atoms with van der Waals surface area (Å²) in [4.78, 5) is 26.4. The molecule has 0 aliphatic heterocycles. The van der Waals surface area contributed by atoms with Crippen LogP contribution < -0.4 is 24.8 Å². The molecule has 0 saturated heterocycles. The van der Waals surface area contributed by atoms with Crippen LogP contribution in [0, 0.1) is 11.3 Å². The van der Waals surface area contributed by atoms with Gasteiger partial charge in [0.1, 0.15) is 16.5 Å². The minimum atomic E-state index is -0.509. The molecule has 0 aliphatic carbocycles. The van der Waals surface area contributed by atoms with E-state index in [-0.39, 0.29) is 11.1 Å². The molecule has 0 fully saturated rings. The summed E-state index contributed by atoms with van der Waals surface area (Å²) in [5.41, 5.74) is 2.08. The third-order valence-corrected chi connectivity index (χ3v) is 6.44. The maximum atomic E-state index is 13.4. The first-order chi connectivity index (χ1) is 17.1. The highest BCUT2D eigenvalue weighted by Gasteiger charge is 2.16. The third-order valence-electron chi connectivity index (χ3n) is 5.35. The molecule has 1 N–H and O–H groups in total. The van der Waals surface area contributed by atoms with Gasteiger partial charge in [-0.3, -0.25) is 14.2 Å². The predicted octanol–water partition coefficient (Wildman–Crippen LogP) is 2.77. The molecule has 7 heteroatoms. The van der Waals surface area contributed by atoms with Gasteiger partial charge in [-0.05, 0) is 47.9 Å². The Morgan fingerprint density at radius 3 is 2.31 bits per heavy atom. The van der Waals surface area contributed by atoms with Gasteiger partial charge in [0.05, 0.1) is 17.3 Å². The highest BCUT2D eigenvalue weighted by molar-refractivity contribution is 7.07. The van der Waals surface area contributed by atoms with Gasteiger partial charge in [0, 0.05) is 6.54 Å². The summed E-state index contributed by atoms with van der Waals surface area (Å²) in [5.74, 6) is 0.202. The van der Waals surface area contributed by atoms with Gasteiger partial charge in [-0.2, -0.15) is 5.26 Å². The Labute approximate surface area is 206 Å². The van der Waals surface area contributed by atoms with E-state index < -0.39 is 5.91 Å². The number of ether oxygens (including phenoxy) is 1. The summed E-state index contributed by atoms with van der Waals surface area (Å²) in [6.45, 7) is 0.375. The zero-order chi connectivity index (χ0) is 24.6. The zero-order valence-corrected chi connectivity index (χ0v) is 19.9. The van der Waals surface area contributed by atoms with Crippen LogP contribution in [-0.2, 0) is 11.2 Å². The van der Waals surface area contributed by atoms with Crippen LogP contribution >= 0.6 is 11.3 Å². The lowest BCUT2D eigenvalue weighted by Gasteiger charge is -2.06. The Hall–Kier alpha value is -4.41. The molecule has 0 spiro atoms. The van der Waals surface area contributed by atoms with Crippen LogP contribution in [0.1, 0.15) is 11.1 Å². The SMILES string of the molecule is COc1ccc(/C=c2\s/c(=C(\C#N)C(=O)NCCc3ccccc3)n(-c3ccccc3)c2=O)cc1. The number of thiazole rings is 1. The average molecular weight is 482 g/mol. The lowest BCUT2D eigenvalue weighted by atomic mass is 10.1. The third kappa shape index (κ3) is 5.57. The molecule has 35 heavy (non-hydrogen) atoms. The van der Waals surface area contributed by atoms with Gasteiger partial charge in [0.2, 0.25) is 0 Å². The van der Waals surface area contributed by atoms with Crippen LogP contribution in [0.5, 0.6) is 5.75 Å². The number of nitrogens with one attached hydrogen (secondary N) is 1. The normalized spacial score (nSPS) is 12.1. The smallest absolute Gasteiger partial charge is 0.273 e. The molecule has 0 atom stereocenters. The molecule has 0 radical (unpaired) electrons. The lowest BCUT2D eigenvalue weighted by Crippen LogP contribution is -2.34. The second-order valence-corrected chi connectivity index (χ2v) is 8.67. The Morgan fingerprint density at radius 2 is 1.69 bits per heavy atom. The van der Waals surface area contributed by atoms with Gasteiger partial charge < -0.3 is 10.1 Å². The van der Waals surface area contributed by atoms with Crippen LogP contribution in [0.15, 0.2) is 89.7 Å². The van der Waals surface area contributed by atoms with E-state index in [2.05, 4.69) is 5.32 Å². The second-order valence-electron chi connectivity index (χ2n) is 7.64. The molecular formula is C28H23N3O3S. The number of para-hydroxylation sites is 1. The first-order valence-corrected chi connectivity index (χ1v) is 11.8. The van der Waals surface area contributed by atoms with Crippen molar-refractivity contribution in [2.24, 2.45) is 0 Å². The Kier molecular flexibility index (Phi) is 7.56. The van der Waals surface area contributed by atoms with Crippen molar-refractivity contribution in [1.82, 2.24) is 9.88 Å². The van der Waals surface area contributed by atoms with Gasteiger partial charge in [-0.15, -0.1) is 11.3 Å². The van der Waals surface area contributed by atoms with E-state index in [4.69, 9.17) is 4.74 Å². The van der Waals surface area contributed by atoms with E-state index in [1.54, 1.807) is 25.3 Å². The predicted molar refractivity (Wildman–Crippen MR) is 138 cm³/mol. The van der Waals surface area contributed by atoms with Gasteiger partial charge in [0.25, 0.3) is 11.5 Å². The number of hydrogen-bond acceptors (Lipinski definition) is 5. The topological polar surface area (TPSA) is 84.1 Å². The van der Waals surface area contributed by atoms with Crippen LogP contribution in [-0.4, -0.2) is 24.1 Å². The zero-order valence-electron chi connectivity index (χ0n) is 19.1. The van der Waals surface area contributed by atoms with E-state index in [0.717, 1.165) is 22.5 Å². The van der Waals surface area contributed by atoms with Crippen LogP contribution in [0.4, 0.5) is 0 Å². The molecule has 0 bridgehead atoms. The molecular weight excluding hydrogens is 458 g/mol. The summed E-state index contributed by atoms with van der Waals surface area (Å²) in [5, 5.41) is 12.7. The van der Waals surface area contributed by atoms with Gasteiger partial charge >= 0.3 is 0 Å². The average Bonchev–Trinajstić information content (AvgIpc) is 3.21. The summed E-state index contributed by atoms with van der Waals surface area (Å²) >= 11 is 1.12. The number of benzene rings is 3. The van der Waals surface area contributed by atoms with E-state index in [1.807, 2.05) is 78.9 Å². The molecule has 1 heterocycles. The maximum Gasteiger partial charge on any atom is 0.273 e. The fraction of sp³-hybridized carbons (Fsp3) is 0.107. The second kappa shape index (κ2) is 11.1. The fourth-order valence-corrected chi connectivity index (χ4v) is 4.66. The molecule has 0 aliphatic rings. The van der Waals surface area contributed by atoms with Crippen molar-refractivity contribution in [3.63, 3.8) is 0 Å². The quantitative estimate of drug-likeness (QED) is 0.440. The number of nitrogens with zero attached hydrogens (tertiary/aromatic N) is 2. The highest BCUT2D eigenvalue weighted by atomic mass is 32.1. The van der Waals surface area contributed by atoms with Crippen LogP contribution in [0.2, 0.25) is 0 Å². The fourth-order valence-electron chi connectivity index (χ4n) is 3.56. The number of rotatable bonds is 7. The minimum absolute atomic E-state index is 0.0987. The lowest BCUT2D eigenvalue weighted by molar-refractivity contribution is -0.115. The molecule has 4 rings (SSSR count). The summed E-state index contributed by atoms with van der Waals surface area (Å²) in [6, 6.07) is 28.1. The number of amides is 1. The van der Waals surface area contributed by atoms with E-state index in [0.29, 0.717) is 33.6 Å². The van der Waals surface area contributed by atoms with E-state index in [1.165, 1.54) is 4.57 Å². The number of hydrogen-bond donors (Lipinski definition) is 1. The number of carbonyl (C=O) groups excluding carboxylic acids is 1. The van der Waals surface area contributed by atoms with Crippen molar-refractivity contribution in [2.45, 2.75) is 6.42 Å². The first kappa shape index (κ1) is 23.7. The Balaban J connectivity index is 1.78. The molecule has 6 nitrogen and oxygen atoms in total. The summed E-state index contributed by atoms with van der Waals surface area (Å²) < 4.78 is 7.33. The molecule has 3 aromatic carbocycles. The molecule has 1 aromatic heterocycles. The van der Waals surface area contributed by atoms with Crippen molar-refractivity contribution in [3.8, 4) is 17.5 Å². The standard InChI is InChI=1S/C28H23N3O3S/c1-34-23-14-12-21(13-15-23)18-25-27(33)31(22-10-6-3-7-11-22)28(35-25)24(19-29)26(32)30-17-16-20-8-4-2-5-9-20/h2-15,18H,16-17H2,1H3,(H,30,32)/b25-18-,28-24+. The van der Waals surface area contributed by atoms with Gasteiger partial charge in [-0.25, -0.2) is 0 Å². The van der Waals surface area contributed by atoms with Crippen LogP contribution in [0.3, 0.4) is 0 Å². The molecule has 1 amide bonds. The number of methoxy groups -OCH3 is 1. The van der Waals surface area contributed by atoms with Crippen LogP contribution in [0.25, 0.3) is 17.3 Å².